The molecular formula is C22H31FN6. The van der Waals surface area contributed by atoms with Crippen LogP contribution in [0.3, 0.4) is 0 Å². The number of nitrogens with one attached hydrogen (secondary N) is 2. The van der Waals surface area contributed by atoms with Crippen molar-refractivity contribution < 1.29 is 4.39 Å². The predicted octanol–water partition coefficient (Wildman–Crippen LogP) is 2.47. The second-order valence-corrected chi connectivity index (χ2v) is 9.79. The van der Waals surface area contributed by atoms with Crippen LogP contribution in [0.1, 0.15) is 46.1 Å². The van der Waals surface area contributed by atoms with Crippen molar-refractivity contribution >= 4 is 12.6 Å². The van der Waals surface area contributed by atoms with Crippen molar-refractivity contribution in [3.63, 3.8) is 0 Å². The zero-order chi connectivity index (χ0) is 20.9. The van der Waals surface area contributed by atoms with Gasteiger partial charge in [0.1, 0.15) is 5.82 Å². The lowest BCUT2D eigenvalue weighted by molar-refractivity contribution is 0.0893. The number of halogens is 1. The Kier molecular flexibility index (Phi) is 4.59. The summed E-state index contributed by atoms with van der Waals surface area (Å²) in [6.07, 6.45) is 9.18. The molecular weight excluding hydrogens is 367 g/mol. The number of allylic oxidation sites excluding steroid dienone is 1. The summed E-state index contributed by atoms with van der Waals surface area (Å²) >= 11 is 0. The van der Waals surface area contributed by atoms with Crippen LogP contribution in [0.2, 0.25) is 0 Å². The molecule has 1 fully saturated rings. The summed E-state index contributed by atoms with van der Waals surface area (Å²) < 4.78 is 13.6. The van der Waals surface area contributed by atoms with Crippen molar-refractivity contribution in [2.24, 2.45) is 15.7 Å². The molecule has 0 saturated carbocycles. The molecule has 6 nitrogen and oxygen atoms in total. The fourth-order valence-corrected chi connectivity index (χ4v) is 5.22. The summed E-state index contributed by atoms with van der Waals surface area (Å²) in [6.45, 7) is 9.53. The van der Waals surface area contributed by atoms with Gasteiger partial charge in [0.25, 0.3) is 0 Å². The minimum atomic E-state index is -1.15. The van der Waals surface area contributed by atoms with E-state index in [1.807, 2.05) is 6.34 Å². The first-order chi connectivity index (χ1) is 13.5. The lowest BCUT2D eigenvalue weighted by Gasteiger charge is -2.50. The molecule has 1 saturated heterocycles. The van der Waals surface area contributed by atoms with E-state index in [9.17, 15) is 4.39 Å². The normalized spacial score (nSPS) is 33.1. The highest BCUT2D eigenvalue weighted by atomic mass is 19.1. The van der Waals surface area contributed by atoms with Crippen LogP contribution in [-0.4, -0.2) is 46.9 Å². The zero-order valence-electron chi connectivity index (χ0n) is 17.6. The van der Waals surface area contributed by atoms with Crippen molar-refractivity contribution in [3.8, 4) is 0 Å². The van der Waals surface area contributed by atoms with Crippen molar-refractivity contribution in [1.29, 1.82) is 0 Å². The van der Waals surface area contributed by atoms with E-state index in [0.29, 0.717) is 12.6 Å². The van der Waals surface area contributed by atoms with Crippen LogP contribution in [0.5, 0.6) is 0 Å². The lowest BCUT2D eigenvalue weighted by atomic mass is 9.78. The average Bonchev–Trinajstić information content (AvgIpc) is 3.08. The van der Waals surface area contributed by atoms with E-state index in [1.54, 1.807) is 30.6 Å². The van der Waals surface area contributed by atoms with E-state index in [0.717, 1.165) is 18.4 Å². The van der Waals surface area contributed by atoms with Gasteiger partial charge in [0.05, 0.1) is 12.9 Å². The second-order valence-electron chi connectivity index (χ2n) is 9.79. The number of rotatable bonds is 3. The third kappa shape index (κ3) is 3.57. The van der Waals surface area contributed by atoms with E-state index < -0.39 is 11.3 Å². The maximum absolute atomic E-state index is 13.6. The molecule has 3 aliphatic rings. The van der Waals surface area contributed by atoms with Gasteiger partial charge in [0, 0.05) is 29.5 Å². The topological polar surface area (TPSA) is 78.0 Å². The molecule has 1 aromatic rings. The van der Waals surface area contributed by atoms with E-state index in [1.165, 1.54) is 12.1 Å². The molecule has 156 valence electrons. The molecule has 3 aliphatic heterocycles. The fourth-order valence-electron chi connectivity index (χ4n) is 5.22. The first-order valence-corrected chi connectivity index (χ1v) is 10.2. The van der Waals surface area contributed by atoms with Gasteiger partial charge in [-0.1, -0.05) is 12.1 Å². The smallest absolute Gasteiger partial charge is 0.213 e. The van der Waals surface area contributed by atoms with Gasteiger partial charge in [0.2, 0.25) is 5.79 Å². The molecule has 0 aliphatic carbocycles. The van der Waals surface area contributed by atoms with Crippen LogP contribution < -0.4 is 16.4 Å². The van der Waals surface area contributed by atoms with Gasteiger partial charge in [0.15, 0.2) is 5.54 Å². The molecule has 4 N–H and O–H groups in total. The van der Waals surface area contributed by atoms with E-state index in [4.69, 9.17) is 10.7 Å². The van der Waals surface area contributed by atoms with Crippen LogP contribution in [0.25, 0.3) is 0 Å². The number of aliphatic imine (C=N–C) groups is 2. The standard InChI is InChI=1S/C22H31FN6/c1-19(2)12-18(13-20(3,4)28-19)29-14-21(27-15-29,16-6-8-17(23)9-7-16)22(24)25-10-5-11-26-22/h5-11,15,18,25,28H,12-14,24H2,1-4H3. The zero-order valence-corrected chi connectivity index (χ0v) is 17.6. The molecule has 2 unspecified atom stereocenters. The quantitative estimate of drug-likeness (QED) is 0.731. The Balaban J connectivity index is 1.70. The summed E-state index contributed by atoms with van der Waals surface area (Å²) in [5, 5.41) is 6.93. The van der Waals surface area contributed by atoms with E-state index in [2.05, 4.69) is 48.2 Å². The van der Waals surface area contributed by atoms with Gasteiger partial charge in [-0.2, -0.15) is 0 Å². The summed E-state index contributed by atoms with van der Waals surface area (Å²) in [7, 11) is 0. The van der Waals surface area contributed by atoms with Gasteiger partial charge in [-0.15, -0.1) is 0 Å². The molecule has 4 rings (SSSR count). The molecule has 0 radical (unpaired) electrons. The lowest BCUT2D eigenvalue weighted by Crippen LogP contribution is -2.67. The second kappa shape index (κ2) is 6.64. The maximum Gasteiger partial charge on any atom is 0.213 e. The predicted molar refractivity (Wildman–Crippen MR) is 115 cm³/mol. The molecule has 0 aromatic heterocycles. The minimum Gasteiger partial charge on any atom is -0.357 e. The van der Waals surface area contributed by atoms with Crippen LogP contribution in [0, 0.1) is 5.82 Å². The SMILES string of the molecule is CC1(C)CC(N2C=NC(c3ccc(F)cc3)(C3(N)N=CC=CN3)C2)CC(C)(C)N1. The fraction of sp³-hybridized carbons (Fsp3) is 0.545. The van der Waals surface area contributed by atoms with Gasteiger partial charge in [-0.3, -0.25) is 10.7 Å². The van der Waals surface area contributed by atoms with Crippen molar-refractivity contribution in [2.75, 3.05) is 6.54 Å². The van der Waals surface area contributed by atoms with Crippen molar-refractivity contribution in [3.05, 3.63) is 47.9 Å². The van der Waals surface area contributed by atoms with Gasteiger partial charge >= 0.3 is 0 Å². The largest absolute Gasteiger partial charge is 0.357 e. The van der Waals surface area contributed by atoms with Crippen LogP contribution in [0.4, 0.5) is 4.39 Å². The van der Waals surface area contributed by atoms with E-state index >= 15 is 0 Å². The number of benzene rings is 1. The van der Waals surface area contributed by atoms with Gasteiger partial charge in [-0.05, 0) is 64.3 Å². The third-order valence-electron chi connectivity index (χ3n) is 6.19. The monoisotopic (exact) mass is 398 g/mol. The summed E-state index contributed by atoms with van der Waals surface area (Å²) in [6, 6.07) is 6.75. The molecule has 3 heterocycles. The van der Waals surface area contributed by atoms with Crippen LogP contribution in [-0.2, 0) is 5.54 Å². The number of nitrogens with two attached hydrogens (primary N) is 1. The Bertz CT molecular complexity index is 843. The molecule has 1 aromatic carbocycles. The first kappa shape index (κ1) is 20.0. The summed E-state index contributed by atoms with van der Waals surface area (Å²) in [4.78, 5) is 11.8. The molecule has 0 bridgehead atoms. The minimum absolute atomic E-state index is 0.0196. The summed E-state index contributed by atoms with van der Waals surface area (Å²) in [5.74, 6) is -1.43. The highest BCUT2D eigenvalue weighted by Gasteiger charge is 2.55. The Hall–Kier alpha value is -2.25. The molecule has 29 heavy (non-hydrogen) atoms. The van der Waals surface area contributed by atoms with Gasteiger partial charge in [-0.25, -0.2) is 9.38 Å². The highest BCUT2D eigenvalue weighted by Crippen LogP contribution is 2.42. The summed E-state index contributed by atoms with van der Waals surface area (Å²) in [5.41, 5.74) is 6.78. The molecule has 7 heteroatoms. The highest BCUT2D eigenvalue weighted by molar-refractivity contribution is 5.73. The average molecular weight is 399 g/mol. The molecule has 0 spiro atoms. The van der Waals surface area contributed by atoms with E-state index in [-0.39, 0.29) is 16.9 Å². The Labute approximate surface area is 172 Å². The number of hydrogen-bond donors (Lipinski definition) is 3. The van der Waals surface area contributed by atoms with Crippen LogP contribution in [0.15, 0.2) is 46.5 Å². The van der Waals surface area contributed by atoms with Crippen LogP contribution >= 0.6 is 0 Å². The number of nitrogens with zero attached hydrogens (tertiary/aromatic N) is 3. The van der Waals surface area contributed by atoms with Gasteiger partial charge < -0.3 is 15.5 Å². The Morgan fingerprint density at radius 1 is 1.07 bits per heavy atom. The first-order valence-electron chi connectivity index (χ1n) is 10.2. The molecule has 2 atom stereocenters. The number of hydrogen-bond acceptors (Lipinski definition) is 6. The maximum atomic E-state index is 13.6. The number of piperidine rings is 1. The third-order valence-corrected chi connectivity index (χ3v) is 6.19. The van der Waals surface area contributed by atoms with Crippen molar-refractivity contribution in [1.82, 2.24) is 15.5 Å². The Morgan fingerprint density at radius 3 is 2.31 bits per heavy atom. The Morgan fingerprint density at radius 2 is 1.72 bits per heavy atom. The molecule has 0 amide bonds. The van der Waals surface area contributed by atoms with Crippen molar-refractivity contribution in [2.45, 2.75) is 69.0 Å².